The van der Waals surface area contributed by atoms with E-state index in [0.29, 0.717) is 10.7 Å². The predicted molar refractivity (Wildman–Crippen MR) is 89.5 cm³/mol. The van der Waals surface area contributed by atoms with E-state index in [0.717, 1.165) is 17.2 Å². The van der Waals surface area contributed by atoms with Gasteiger partial charge in [0.2, 0.25) is 5.91 Å². The van der Waals surface area contributed by atoms with Crippen LogP contribution in [-0.2, 0) is 11.0 Å². The summed E-state index contributed by atoms with van der Waals surface area (Å²) in [6.07, 6.45) is -4.49. The molecule has 7 heteroatoms. The molecule has 0 heterocycles. The van der Waals surface area contributed by atoms with Gasteiger partial charge in [0.15, 0.2) is 0 Å². The van der Waals surface area contributed by atoms with Crippen LogP contribution < -0.4 is 10.6 Å². The first-order valence-corrected chi connectivity index (χ1v) is 7.53. The van der Waals surface area contributed by atoms with E-state index in [2.05, 4.69) is 10.6 Å². The molecule has 0 bridgehead atoms. The molecule has 2 rings (SSSR count). The van der Waals surface area contributed by atoms with E-state index in [1.54, 1.807) is 13.0 Å². The predicted octanol–water partition coefficient (Wildman–Crippen LogP) is 5.03. The highest BCUT2D eigenvalue weighted by molar-refractivity contribution is 6.34. The molecule has 2 aromatic carbocycles. The van der Waals surface area contributed by atoms with Gasteiger partial charge in [0.1, 0.15) is 0 Å². The zero-order valence-corrected chi connectivity index (χ0v) is 13.8. The van der Waals surface area contributed by atoms with Crippen LogP contribution in [0.1, 0.15) is 16.7 Å². The minimum absolute atomic E-state index is 0.146. The van der Waals surface area contributed by atoms with Crippen LogP contribution in [0.3, 0.4) is 0 Å². The summed E-state index contributed by atoms with van der Waals surface area (Å²) in [6.45, 7) is 3.36. The van der Waals surface area contributed by atoms with E-state index in [1.165, 1.54) is 18.2 Å². The molecule has 0 unspecified atom stereocenters. The van der Waals surface area contributed by atoms with E-state index in [9.17, 15) is 18.0 Å². The number of rotatable bonds is 4. The zero-order valence-electron chi connectivity index (χ0n) is 13.1. The molecule has 128 valence electrons. The van der Waals surface area contributed by atoms with E-state index in [1.807, 2.05) is 13.0 Å². The summed E-state index contributed by atoms with van der Waals surface area (Å²) in [5.41, 5.74) is 1.23. The number of hydrogen-bond donors (Lipinski definition) is 2. The molecule has 0 aliphatic rings. The summed E-state index contributed by atoms with van der Waals surface area (Å²) in [5, 5.41) is 5.52. The van der Waals surface area contributed by atoms with Crippen LogP contribution in [-0.4, -0.2) is 12.5 Å². The Morgan fingerprint density at radius 1 is 1.17 bits per heavy atom. The van der Waals surface area contributed by atoms with Crippen LogP contribution in [0, 0.1) is 13.8 Å². The van der Waals surface area contributed by atoms with Crippen molar-refractivity contribution in [3.63, 3.8) is 0 Å². The minimum atomic E-state index is -4.49. The molecular formula is C17H16ClF3N2O. The van der Waals surface area contributed by atoms with Crippen LogP contribution in [0.25, 0.3) is 0 Å². The number of halogens is 4. The summed E-state index contributed by atoms with van der Waals surface area (Å²) < 4.78 is 38.7. The molecule has 0 aliphatic carbocycles. The number of benzene rings is 2. The molecule has 3 nitrogen and oxygen atoms in total. The van der Waals surface area contributed by atoms with Crippen molar-refractivity contribution < 1.29 is 18.0 Å². The normalized spacial score (nSPS) is 11.2. The highest BCUT2D eigenvalue weighted by Crippen LogP contribution is 2.34. The standard InChI is InChI=1S/C17H16ClF3N2O/c1-10-7-11(2)16(13(18)8-10)23-15(24)9-22-14-6-4-3-5-12(14)17(19,20)21/h3-8,22H,9H2,1-2H3,(H,23,24). The fourth-order valence-corrected chi connectivity index (χ4v) is 2.69. The quantitative estimate of drug-likeness (QED) is 0.807. The Morgan fingerprint density at radius 2 is 1.83 bits per heavy atom. The number of aryl methyl sites for hydroxylation is 2. The van der Waals surface area contributed by atoms with Gasteiger partial charge >= 0.3 is 6.18 Å². The van der Waals surface area contributed by atoms with Gasteiger partial charge in [-0.25, -0.2) is 0 Å². The second-order valence-corrected chi connectivity index (χ2v) is 5.79. The summed E-state index contributed by atoms with van der Waals surface area (Å²) in [4.78, 5) is 12.0. The SMILES string of the molecule is Cc1cc(C)c(NC(=O)CNc2ccccc2C(F)(F)F)c(Cl)c1. The first kappa shape index (κ1) is 18.1. The average Bonchev–Trinajstić information content (AvgIpc) is 2.48. The molecule has 0 spiro atoms. The Kier molecular flexibility index (Phi) is 5.39. The lowest BCUT2D eigenvalue weighted by atomic mass is 10.1. The third kappa shape index (κ3) is 4.41. The third-order valence-corrected chi connectivity index (χ3v) is 3.67. The largest absolute Gasteiger partial charge is 0.418 e. The zero-order chi connectivity index (χ0) is 17.9. The van der Waals surface area contributed by atoms with Crippen LogP contribution in [0.2, 0.25) is 5.02 Å². The number of hydrogen-bond acceptors (Lipinski definition) is 2. The number of carbonyl (C=O) groups is 1. The molecule has 2 aromatic rings. The van der Waals surface area contributed by atoms with Gasteiger partial charge in [-0.2, -0.15) is 13.2 Å². The van der Waals surface area contributed by atoms with Crippen molar-refractivity contribution in [3.05, 3.63) is 58.1 Å². The molecule has 0 radical (unpaired) electrons. The Labute approximate surface area is 142 Å². The van der Waals surface area contributed by atoms with Gasteiger partial charge in [-0.3, -0.25) is 4.79 Å². The second kappa shape index (κ2) is 7.13. The lowest BCUT2D eigenvalue weighted by molar-refractivity contribution is -0.137. The average molecular weight is 357 g/mol. The van der Waals surface area contributed by atoms with Gasteiger partial charge in [0, 0.05) is 5.69 Å². The topological polar surface area (TPSA) is 41.1 Å². The van der Waals surface area contributed by atoms with Crippen molar-refractivity contribution in [2.45, 2.75) is 20.0 Å². The molecular weight excluding hydrogens is 341 g/mol. The van der Waals surface area contributed by atoms with Gasteiger partial charge in [-0.1, -0.05) is 29.8 Å². The molecule has 2 N–H and O–H groups in total. The van der Waals surface area contributed by atoms with Crippen molar-refractivity contribution >= 4 is 28.9 Å². The van der Waals surface area contributed by atoms with Crippen molar-refractivity contribution in [2.24, 2.45) is 0 Å². The first-order valence-electron chi connectivity index (χ1n) is 7.15. The molecule has 1 amide bonds. The number of nitrogens with one attached hydrogen (secondary N) is 2. The van der Waals surface area contributed by atoms with Gasteiger partial charge in [0.05, 0.1) is 22.8 Å². The van der Waals surface area contributed by atoms with Crippen molar-refractivity contribution in [1.82, 2.24) is 0 Å². The van der Waals surface area contributed by atoms with Crippen LogP contribution in [0.4, 0.5) is 24.5 Å². The molecule has 24 heavy (non-hydrogen) atoms. The molecule has 0 saturated carbocycles. The highest BCUT2D eigenvalue weighted by atomic mass is 35.5. The van der Waals surface area contributed by atoms with Gasteiger partial charge < -0.3 is 10.6 Å². The monoisotopic (exact) mass is 356 g/mol. The highest BCUT2D eigenvalue weighted by Gasteiger charge is 2.33. The lowest BCUT2D eigenvalue weighted by Crippen LogP contribution is -2.23. The number of amides is 1. The summed E-state index contributed by atoms with van der Waals surface area (Å²) in [7, 11) is 0. The van der Waals surface area contributed by atoms with Crippen molar-refractivity contribution in [2.75, 3.05) is 17.2 Å². The maximum Gasteiger partial charge on any atom is 0.418 e. The van der Waals surface area contributed by atoms with Gasteiger partial charge in [-0.05, 0) is 43.2 Å². The van der Waals surface area contributed by atoms with Gasteiger partial charge in [0.25, 0.3) is 0 Å². The van der Waals surface area contributed by atoms with Crippen molar-refractivity contribution in [1.29, 1.82) is 0 Å². The Balaban J connectivity index is 2.08. The fourth-order valence-electron chi connectivity index (χ4n) is 2.32. The number of alkyl halides is 3. The first-order chi connectivity index (χ1) is 11.2. The number of carbonyl (C=O) groups excluding carboxylic acids is 1. The number of anilines is 2. The van der Waals surface area contributed by atoms with Crippen LogP contribution in [0.15, 0.2) is 36.4 Å². The molecule has 0 fully saturated rings. The van der Waals surface area contributed by atoms with Gasteiger partial charge in [-0.15, -0.1) is 0 Å². The maximum atomic E-state index is 12.9. The summed E-state index contributed by atoms with van der Waals surface area (Å²) in [6, 6.07) is 8.56. The third-order valence-electron chi connectivity index (χ3n) is 3.37. The van der Waals surface area contributed by atoms with E-state index in [4.69, 9.17) is 11.6 Å². The van der Waals surface area contributed by atoms with Crippen LogP contribution in [0.5, 0.6) is 0 Å². The minimum Gasteiger partial charge on any atom is -0.376 e. The molecule has 0 atom stereocenters. The summed E-state index contributed by atoms with van der Waals surface area (Å²) in [5.74, 6) is -0.485. The molecule has 0 aromatic heterocycles. The summed E-state index contributed by atoms with van der Waals surface area (Å²) >= 11 is 6.10. The maximum absolute atomic E-state index is 12.9. The lowest BCUT2D eigenvalue weighted by Gasteiger charge is -2.15. The molecule has 0 saturated heterocycles. The Morgan fingerprint density at radius 3 is 2.46 bits per heavy atom. The molecule has 0 aliphatic heterocycles. The fraction of sp³-hybridized carbons (Fsp3) is 0.235. The Hall–Kier alpha value is -2.21. The van der Waals surface area contributed by atoms with Crippen molar-refractivity contribution in [3.8, 4) is 0 Å². The van der Waals surface area contributed by atoms with E-state index < -0.39 is 17.6 Å². The van der Waals surface area contributed by atoms with E-state index >= 15 is 0 Å². The smallest absolute Gasteiger partial charge is 0.376 e. The van der Waals surface area contributed by atoms with Crippen LogP contribution >= 0.6 is 11.6 Å². The Bertz CT molecular complexity index is 737. The second-order valence-electron chi connectivity index (χ2n) is 5.38. The van der Waals surface area contributed by atoms with E-state index in [-0.39, 0.29) is 12.2 Å². The number of para-hydroxylation sites is 1.